The van der Waals surface area contributed by atoms with Crippen molar-refractivity contribution in [3.8, 4) is 0 Å². The van der Waals surface area contributed by atoms with Crippen molar-refractivity contribution >= 4 is 5.97 Å². The fraction of sp³-hybridized carbons (Fsp3) is 0.909. The Morgan fingerprint density at radius 1 is 1.53 bits per heavy atom. The molecule has 0 aromatic rings. The molecule has 1 aliphatic rings. The van der Waals surface area contributed by atoms with Gasteiger partial charge in [0.2, 0.25) is 0 Å². The highest BCUT2D eigenvalue weighted by molar-refractivity contribution is 5.69. The topological polar surface area (TPSA) is 47.6 Å². The second-order valence-corrected chi connectivity index (χ2v) is 3.82. The molecule has 0 amide bonds. The molecule has 0 aromatic heterocycles. The molecule has 1 N–H and O–H groups in total. The van der Waals surface area contributed by atoms with Crippen LogP contribution in [0.3, 0.4) is 0 Å². The summed E-state index contributed by atoms with van der Waals surface area (Å²) in [6, 6.07) is 0. The van der Waals surface area contributed by atoms with Crippen molar-refractivity contribution < 1.29 is 14.3 Å². The molecule has 1 rings (SSSR count). The average molecular weight is 215 g/mol. The first kappa shape index (κ1) is 12.5. The van der Waals surface area contributed by atoms with Crippen molar-refractivity contribution in [3.63, 3.8) is 0 Å². The Balaban J connectivity index is 1.86. The Morgan fingerprint density at radius 3 is 3.07 bits per heavy atom. The summed E-state index contributed by atoms with van der Waals surface area (Å²) in [4.78, 5) is 11.0. The standard InChI is InChI=1S/C11H21NO3/c1-2-15-11(13)4-7-12-6-3-10-5-8-14-9-10/h10,12H,2-9H2,1H3. The SMILES string of the molecule is CCOC(=O)CCNCCC1CCOC1. The Kier molecular flexibility index (Phi) is 6.36. The molecule has 0 spiro atoms. The summed E-state index contributed by atoms with van der Waals surface area (Å²) >= 11 is 0. The van der Waals surface area contributed by atoms with Crippen LogP contribution in [0.2, 0.25) is 0 Å². The number of ether oxygens (including phenoxy) is 2. The number of carbonyl (C=O) groups is 1. The highest BCUT2D eigenvalue weighted by Gasteiger charge is 2.14. The Hall–Kier alpha value is -0.610. The van der Waals surface area contributed by atoms with Crippen molar-refractivity contribution in [1.82, 2.24) is 5.32 Å². The summed E-state index contributed by atoms with van der Waals surface area (Å²) in [5, 5.41) is 3.25. The van der Waals surface area contributed by atoms with E-state index in [2.05, 4.69) is 5.32 Å². The first-order valence-electron chi connectivity index (χ1n) is 5.77. The molecule has 0 aromatic carbocycles. The van der Waals surface area contributed by atoms with Crippen molar-refractivity contribution in [2.45, 2.75) is 26.2 Å². The van der Waals surface area contributed by atoms with E-state index in [-0.39, 0.29) is 5.97 Å². The molecule has 1 fully saturated rings. The molecule has 1 unspecified atom stereocenters. The van der Waals surface area contributed by atoms with E-state index >= 15 is 0 Å². The molecule has 4 nitrogen and oxygen atoms in total. The van der Waals surface area contributed by atoms with E-state index in [1.807, 2.05) is 6.92 Å². The fourth-order valence-corrected chi connectivity index (χ4v) is 1.67. The first-order chi connectivity index (χ1) is 7.33. The molecule has 0 bridgehead atoms. The molecule has 1 saturated heterocycles. The van der Waals surface area contributed by atoms with Gasteiger partial charge in [-0.15, -0.1) is 0 Å². The van der Waals surface area contributed by atoms with Crippen molar-refractivity contribution in [1.29, 1.82) is 0 Å². The molecule has 1 heterocycles. The summed E-state index contributed by atoms with van der Waals surface area (Å²) in [5.74, 6) is 0.592. The highest BCUT2D eigenvalue weighted by atomic mass is 16.5. The molecule has 4 heteroatoms. The maximum absolute atomic E-state index is 11.0. The minimum absolute atomic E-state index is 0.116. The summed E-state index contributed by atoms with van der Waals surface area (Å²) in [6.07, 6.45) is 2.79. The predicted octanol–water partition coefficient (Wildman–Crippen LogP) is 0.956. The van der Waals surface area contributed by atoms with Crippen LogP contribution in [0.25, 0.3) is 0 Å². The van der Waals surface area contributed by atoms with Gasteiger partial charge in [-0.2, -0.15) is 0 Å². The zero-order valence-electron chi connectivity index (χ0n) is 9.46. The molecule has 15 heavy (non-hydrogen) atoms. The van der Waals surface area contributed by atoms with Gasteiger partial charge in [-0.1, -0.05) is 0 Å². The van der Waals surface area contributed by atoms with E-state index in [0.717, 1.165) is 26.2 Å². The lowest BCUT2D eigenvalue weighted by atomic mass is 10.1. The third kappa shape index (κ3) is 5.74. The van der Waals surface area contributed by atoms with Gasteiger partial charge in [0.05, 0.1) is 13.0 Å². The largest absolute Gasteiger partial charge is 0.466 e. The molecule has 1 atom stereocenters. The van der Waals surface area contributed by atoms with Gasteiger partial charge in [0.25, 0.3) is 0 Å². The van der Waals surface area contributed by atoms with Gasteiger partial charge in [0.1, 0.15) is 0 Å². The summed E-state index contributed by atoms with van der Waals surface area (Å²) in [7, 11) is 0. The van der Waals surface area contributed by atoms with Crippen LogP contribution in [0.1, 0.15) is 26.2 Å². The summed E-state index contributed by atoms with van der Waals surface area (Å²) < 4.78 is 10.1. The molecule has 1 aliphatic heterocycles. The zero-order chi connectivity index (χ0) is 10.9. The highest BCUT2D eigenvalue weighted by Crippen LogP contribution is 2.14. The van der Waals surface area contributed by atoms with Crippen LogP contribution in [-0.4, -0.2) is 38.9 Å². The van der Waals surface area contributed by atoms with Crippen LogP contribution < -0.4 is 5.32 Å². The van der Waals surface area contributed by atoms with E-state index in [1.165, 1.54) is 6.42 Å². The van der Waals surface area contributed by atoms with E-state index in [4.69, 9.17) is 9.47 Å². The Labute approximate surface area is 91.3 Å². The first-order valence-corrected chi connectivity index (χ1v) is 5.77. The number of esters is 1. The third-order valence-electron chi connectivity index (χ3n) is 2.56. The van der Waals surface area contributed by atoms with Gasteiger partial charge in [-0.3, -0.25) is 4.79 Å². The number of nitrogens with one attached hydrogen (secondary N) is 1. The maximum Gasteiger partial charge on any atom is 0.307 e. The normalized spacial score (nSPS) is 20.5. The van der Waals surface area contributed by atoms with Gasteiger partial charge in [-0.25, -0.2) is 0 Å². The van der Waals surface area contributed by atoms with Gasteiger partial charge in [0.15, 0.2) is 0 Å². The second-order valence-electron chi connectivity index (χ2n) is 3.82. The van der Waals surface area contributed by atoms with Crippen LogP contribution in [-0.2, 0) is 14.3 Å². The van der Waals surface area contributed by atoms with E-state index < -0.39 is 0 Å². The lowest BCUT2D eigenvalue weighted by Gasteiger charge is -2.08. The number of carbonyl (C=O) groups excluding carboxylic acids is 1. The van der Waals surface area contributed by atoms with Crippen molar-refractivity contribution in [3.05, 3.63) is 0 Å². The second kappa shape index (κ2) is 7.65. The fourth-order valence-electron chi connectivity index (χ4n) is 1.67. The van der Waals surface area contributed by atoms with Crippen LogP contribution >= 0.6 is 0 Å². The molecule has 0 aliphatic carbocycles. The van der Waals surface area contributed by atoms with Gasteiger partial charge in [-0.05, 0) is 32.2 Å². The molecular weight excluding hydrogens is 194 g/mol. The molecular formula is C11H21NO3. The van der Waals surface area contributed by atoms with Crippen LogP contribution in [0.4, 0.5) is 0 Å². The Bertz CT molecular complexity index is 179. The van der Waals surface area contributed by atoms with E-state index in [0.29, 0.717) is 25.5 Å². The predicted molar refractivity (Wildman–Crippen MR) is 57.7 cm³/mol. The number of rotatable bonds is 7. The lowest BCUT2D eigenvalue weighted by Crippen LogP contribution is -2.22. The minimum Gasteiger partial charge on any atom is -0.466 e. The average Bonchev–Trinajstić information content (AvgIpc) is 2.70. The lowest BCUT2D eigenvalue weighted by molar-refractivity contribution is -0.142. The summed E-state index contributed by atoms with van der Waals surface area (Å²) in [5.41, 5.74) is 0. The van der Waals surface area contributed by atoms with Crippen LogP contribution in [0.5, 0.6) is 0 Å². The van der Waals surface area contributed by atoms with E-state index in [1.54, 1.807) is 0 Å². The van der Waals surface area contributed by atoms with Crippen LogP contribution in [0.15, 0.2) is 0 Å². The zero-order valence-corrected chi connectivity index (χ0v) is 9.46. The number of hydrogen-bond donors (Lipinski definition) is 1. The smallest absolute Gasteiger partial charge is 0.307 e. The van der Waals surface area contributed by atoms with Crippen molar-refractivity contribution in [2.75, 3.05) is 32.9 Å². The van der Waals surface area contributed by atoms with Crippen LogP contribution in [0, 0.1) is 5.92 Å². The maximum atomic E-state index is 11.0. The Morgan fingerprint density at radius 2 is 2.40 bits per heavy atom. The van der Waals surface area contributed by atoms with Crippen molar-refractivity contribution in [2.24, 2.45) is 5.92 Å². The number of hydrogen-bond acceptors (Lipinski definition) is 4. The van der Waals surface area contributed by atoms with Gasteiger partial charge < -0.3 is 14.8 Å². The third-order valence-corrected chi connectivity index (χ3v) is 2.56. The molecule has 88 valence electrons. The molecule has 0 saturated carbocycles. The summed E-state index contributed by atoms with van der Waals surface area (Å²) in [6.45, 7) is 5.79. The quantitative estimate of drug-likeness (QED) is 0.507. The van der Waals surface area contributed by atoms with Gasteiger partial charge in [0, 0.05) is 19.8 Å². The monoisotopic (exact) mass is 215 g/mol. The van der Waals surface area contributed by atoms with E-state index in [9.17, 15) is 4.79 Å². The van der Waals surface area contributed by atoms with Gasteiger partial charge >= 0.3 is 5.97 Å². The minimum atomic E-state index is -0.116. The molecule has 0 radical (unpaired) electrons.